The number of fused-ring (bicyclic) bond motifs is 1. The minimum Gasteiger partial charge on any atom is -0.383 e. The van der Waals surface area contributed by atoms with Gasteiger partial charge in [-0.05, 0) is 22.4 Å². The Morgan fingerprint density at radius 2 is 2.00 bits per heavy atom. The monoisotopic (exact) mass is 240 g/mol. The van der Waals surface area contributed by atoms with E-state index in [2.05, 4.69) is 29.6 Å². The molecule has 0 aliphatic rings. The third-order valence-electron chi connectivity index (χ3n) is 2.89. The van der Waals surface area contributed by atoms with Gasteiger partial charge in [0.15, 0.2) is 0 Å². The molecule has 3 nitrogen and oxygen atoms in total. The maximum absolute atomic E-state index is 9.20. The lowest BCUT2D eigenvalue weighted by molar-refractivity contribution is 0.198. The SMILES string of the molecule is COCCNC(C#N)c1ccc2ccccc2c1. The Bertz CT molecular complexity index is 560. The van der Waals surface area contributed by atoms with Crippen molar-refractivity contribution in [1.82, 2.24) is 5.32 Å². The fraction of sp³-hybridized carbons (Fsp3) is 0.267. The molecule has 1 atom stereocenters. The molecule has 2 rings (SSSR count). The van der Waals surface area contributed by atoms with Gasteiger partial charge < -0.3 is 4.74 Å². The van der Waals surface area contributed by atoms with E-state index in [9.17, 15) is 5.26 Å². The van der Waals surface area contributed by atoms with Crippen LogP contribution in [0.2, 0.25) is 0 Å². The smallest absolute Gasteiger partial charge is 0.121 e. The summed E-state index contributed by atoms with van der Waals surface area (Å²) >= 11 is 0. The van der Waals surface area contributed by atoms with Crippen LogP contribution in [0.5, 0.6) is 0 Å². The largest absolute Gasteiger partial charge is 0.383 e. The number of nitrogens with one attached hydrogen (secondary N) is 1. The number of benzene rings is 2. The fourth-order valence-electron chi connectivity index (χ4n) is 1.93. The predicted molar refractivity (Wildman–Crippen MR) is 72.2 cm³/mol. The summed E-state index contributed by atoms with van der Waals surface area (Å²) in [5, 5.41) is 14.7. The summed E-state index contributed by atoms with van der Waals surface area (Å²) in [5.74, 6) is 0. The molecule has 0 amide bonds. The van der Waals surface area contributed by atoms with E-state index in [0.29, 0.717) is 13.2 Å². The van der Waals surface area contributed by atoms with Gasteiger partial charge in [-0.15, -0.1) is 0 Å². The molecular formula is C15H16N2O. The Labute approximate surface area is 107 Å². The molecule has 0 spiro atoms. The predicted octanol–water partition coefficient (Wildman–Crippen LogP) is 2.64. The molecule has 92 valence electrons. The van der Waals surface area contributed by atoms with Gasteiger partial charge in [0, 0.05) is 13.7 Å². The van der Waals surface area contributed by atoms with Crippen LogP contribution in [0.4, 0.5) is 0 Å². The summed E-state index contributed by atoms with van der Waals surface area (Å²) in [6, 6.07) is 16.2. The van der Waals surface area contributed by atoms with Gasteiger partial charge in [0.1, 0.15) is 6.04 Å². The zero-order valence-corrected chi connectivity index (χ0v) is 10.4. The molecule has 2 aromatic rings. The molecule has 0 saturated carbocycles. The molecule has 0 heterocycles. The summed E-state index contributed by atoms with van der Waals surface area (Å²) in [4.78, 5) is 0. The van der Waals surface area contributed by atoms with Gasteiger partial charge in [-0.1, -0.05) is 36.4 Å². The van der Waals surface area contributed by atoms with Crippen molar-refractivity contribution in [2.75, 3.05) is 20.3 Å². The first-order chi connectivity index (χ1) is 8.85. The van der Waals surface area contributed by atoms with Crippen LogP contribution in [0.25, 0.3) is 10.8 Å². The number of nitrogens with zero attached hydrogens (tertiary/aromatic N) is 1. The van der Waals surface area contributed by atoms with Gasteiger partial charge in [0.25, 0.3) is 0 Å². The minimum atomic E-state index is -0.287. The van der Waals surface area contributed by atoms with Crippen LogP contribution < -0.4 is 5.32 Å². The van der Waals surface area contributed by atoms with E-state index < -0.39 is 0 Å². The molecule has 3 heteroatoms. The van der Waals surface area contributed by atoms with Gasteiger partial charge in [0.05, 0.1) is 12.7 Å². The summed E-state index contributed by atoms with van der Waals surface area (Å²) < 4.78 is 4.97. The van der Waals surface area contributed by atoms with E-state index in [4.69, 9.17) is 4.74 Å². The van der Waals surface area contributed by atoms with Crippen molar-refractivity contribution in [3.63, 3.8) is 0 Å². The van der Waals surface area contributed by atoms with Gasteiger partial charge in [-0.25, -0.2) is 0 Å². The first-order valence-corrected chi connectivity index (χ1v) is 5.96. The highest BCUT2D eigenvalue weighted by Crippen LogP contribution is 2.19. The first-order valence-electron chi connectivity index (χ1n) is 5.96. The van der Waals surface area contributed by atoms with E-state index in [1.807, 2.05) is 24.3 Å². The van der Waals surface area contributed by atoms with E-state index in [0.717, 1.165) is 10.9 Å². The molecule has 0 bridgehead atoms. The molecule has 1 N–H and O–H groups in total. The summed E-state index contributed by atoms with van der Waals surface area (Å²) in [6.07, 6.45) is 0. The zero-order chi connectivity index (χ0) is 12.8. The number of hydrogen-bond donors (Lipinski definition) is 1. The van der Waals surface area contributed by atoms with Crippen molar-refractivity contribution in [2.45, 2.75) is 6.04 Å². The van der Waals surface area contributed by atoms with Crippen molar-refractivity contribution in [3.05, 3.63) is 48.0 Å². The number of hydrogen-bond acceptors (Lipinski definition) is 3. The lowest BCUT2D eigenvalue weighted by Crippen LogP contribution is -2.23. The van der Waals surface area contributed by atoms with E-state index in [1.54, 1.807) is 7.11 Å². The average molecular weight is 240 g/mol. The highest BCUT2D eigenvalue weighted by atomic mass is 16.5. The molecule has 1 unspecified atom stereocenters. The molecule has 0 saturated heterocycles. The van der Waals surface area contributed by atoms with Crippen LogP contribution in [0.3, 0.4) is 0 Å². The maximum atomic E-state index is 9.20. The molecule has 0 aliphatic heterocycles. The Kier molecular flexibility index (Phi) is 4.30. The third kappa shape index (κ3) is 2.86. The van der Waals surface area contributed by atoms with Crippen LogP contribution >= 0.6 is 0 Å². The minimum absolute atomic E-state index is 0.287. The van der Waals surface area contributed by atoms with E-state index >= 15 is 0 Å². The molecular weight excluding hydrogens is 224 g/mol. The number of methoxy groups -OCH3 is 1. The van der Waals surface area contributed by atoms with Gasteiger partial charge in [-0.2, -0.15) is 5.26 Å². The fourth-order valence-corrected chi connectivity index (χ4v) is 1.93. The zero-order valence-electron chi connectivity index (χ0n) is 10.4. The first kappa shape index (κ1) is 12.6. The quantitative estimate of drug-likeness (QED) is 0.817. The average Bonchev–Trinajstić information content (AvgIpc) is 2.43. The summed E-state index contributed by atoms with van der Waals surface area (Å²) in [7, 11) is 1.65. The van der Waals surface area contributed by atoms with Crippen LogP contribution in [-0.4, -0.2) is 20.3 Å². The molecule has 0 aromatic heterocycles. The van der Waals surface area contributed by atoms with E-state index in [-0.39, 0.29) is 6.04 Å². The standard InChI is InChI=1S/C15H16N2O/c1-18-9-8-17-15(11-16)14-7-6-12-4-2-3-5-13(12)10-14/h2-7,10,15,17H,8-9H2,1H3. The summed E-state index contributed by atoms with van der Waals surface area (Å²) in [5.41, 5.74) is 0.993. The van der Waals surface area contributed by atoms with E-state index in [1.165, 1.54) is 5.39 Å². The van der Waals surface area contributed by atoms with Gasteiger partial charge >= 0.3 is 0 Å². The second-order valence-electron chi connectivity index (χ2n) is 4.12. The van der Waals surface area contributed by atoms with Gasteiger partial charge in [0.2, 0.25) is 0 Å². The third-order valence-corrected chi connectivity index (χ3v) is 2.89. The highest BCUT2D eigenvalue weighted by molar-refractivity contribution is 5.83. The molecule has 0 aliphatic carbocycles. The summed E-state index contributed by atoms with van der Waals surface area (Å²) in [6.45, 7) is 1.27. The van der Waals surface area contributed by atoms with Crippen molar-refractivity contribution < 1.29 is 4.74 Å². The number of rotatable bonds is 5. The molecule has 18 heavy (non-hydrogen) atoms. The normalized spacial score (nSPS) is 12.2. The van der Waals surface area contributed by atoms with Crippen molar-refractivity contribution in [1.29, 1.82) is 5.26 Å². The van der Waals surface area contributed by atoms with Crippen molar-refractivity contribution in [3.8, 4) is 6.07 Å². The van der Waals surface area contributed by atoms with Crippen LogP contribution in [-0.2, 0) is 4.74 Å². The lowest BCUT2D eigenvalue weighted by Gasteiger charge is -2.12. The molecule has 2 aromatic carbocycles. The lowest BCUT2D eigenvalue weighted by atomic mass is 10.0. The topological polar surface area (TPSA) is 45.0 Å². The Hall–Kier alpha value is -1.89. The maximum Gasteiger partial charge on any atom is 0.121 e. The Morgan fingerprint density at radius 1 is 1.22 bits per heavy atom. The van der Waals surface area contributed by atoms with Crippen molar-refractivity contribution >= 4 is 10.8 Å². The van der Waals surface area contributed by atoms with Crippen LogP contribution in [0, 0.1) is 11.3 Å². The number of ether oxygens (including phenoxy) is 1. The highest BCUT2D eigenvalue weighted by Gasteiger charge is 2.09. The second kappa shape index (κ2) is 6.15. The van der Waals surface area contributed by atoms with Crippen LogP contribution in [0.15, 0.2) is 42.5 Å². The Morgan fingerprint density at radius 3 is 2.72 bits per heavy atom. The second-order valence-corrected chi connectivity index (χ2v) is 4.12. The van der Waals surface area contributed by atoms with Crippen LogP contribution in [0.1, 0.15) is 11.6 Å². The molecule has 0 fully saturated rings. The van der Waals surface area contributed by atoms with Gasteiger partial charge in [-0.3, -0.25) is 5.32 Å². The number of nitriles is 1. The molecule has 0 radical (unpaired) electrons. The Balaban J connectivity index is 2.20. The van der Waals surface area contributed by atoms with Crippen molar-refractivity contribution in [2.24, 2.45) is 0 Å².